The van der Waals surface area contributed by atoms with Crippen molar-refractivity contribution in [1.82, 2.24) is 15.1 Å². The van der Waals surface area contributed by atoms with E-state index >= 15 is 0 Å². The van der Waals surface area contributed by atoms with Gasteiger partial charge in [0.2, 0.25) is 11.8 Å². The molecule has 0 radical (unpaired) electrons. The minimum atomic E-state index is -1.10. The van der Waals surface area contributed by atoms with E-state index in [2.05, 4.69) is 5.32 Å². The second-order valence-electron chi connectivity index (χ2n) is 8.10. The van der Waals surface area contributed by atoms with Crippen LogP contribution in [-0.2, 0) is 14.4 Å². The third kappa shape index (κ3) is 3.86. The van der Waals surface area contributed by atoms with Crippen molar-refractivity contribution in [2.75, 3.05) is 26.4 Å². The van der Waals surface area contributed by atoms with Crippen molar-refractivity contribution in [3.05, 3.63) is 29.8 Å². The van der Waals surface area contributed by atoms with Crippen LogP contribution < -0.4 is 15.8 Å². The van der Waals surface area contributed by atoms with Crippen molar-refractivity contribution < 1.29 is 23.5 Å². The summed E-state index contributed by atoms with van der Waals surface area (Å²) >= 11 is 0. The molecule has 2 fully saturated rings. The number of nitrogens with two attached hydrogens (primary N) is 1. The Labute approximate surface area is 174 Å². The number of carbonyl (C=O) groups excluding carboxylic acids is 3. The molecule has 162 valence electrons. The van der Waals surface area contributed by atoms with Gasteiger partial charge in [-0.3, -0.25) is 14.4 Å². The summed E-state index contributed by atoms with van der Waals surface area (Å²) < 4.78 is 18.5. The number of carbonyl (C=O) groups is 3. The Hall–Kier alpha value is -2.68. The van der Waals surface area contributed by atoms with Crippen LogP contribution in [0, 0.1) is 0 Å². The Morgan fingerprint density at radius 2 is 2.00 bits per heavy atom. The van der Waals surface area contributed by atoms with Crippen molar-refractivity contribution >= 4 is 17.7 Å². The molecule has 4 atom stereocenters. The van der Waals surface area contributed by atoms with E-state index in [-0.39, 0.29) is 30.4 Å². The van der Waals surface area contributed by atoms with Gasteiger partial charge in [0.15, 0.2) is 6.67 Å². The molecule has 2 saturated heterocycles. The molecule has 0 spiro atoms. The molecule has 3 aliphatic rings. The molecule has 1 aromatic carbocycles. The van der Waals surface area contributed by atoms with Gasteiger partial charge < -0.3 is 25.6 Å². The number of hydrogen-bond acceptors (Lipinski definition) is 5. The number of amides is 3. The molecular formula is C21H27FN4O4. The predicted octanol–water partition coefficient (Wildman–Crippen LogP) is 0.515. The zero-order valence-corrected chi connectivity index (χ0v) is 16.8. The van der Waals surface area contributed by atoms with Crippen LogP contribution in [0.2, 0.25) is 0 Å². The quantitative estimate of drug-likeness (QED) is 0.745. The number of halogens is 1. The van der Waals surface area contributed by atoms with E-state index in [1.165, 1.54) is 4.90 Å². The summed E-state index contributed by atoms with van der Waals surface area (Å²) in [6.45, 7) is -0.298. The number of nitrogens with zero attached hydrogens (tertiary/aromatic N) is 2. The maximum atomic E-state index is 13.1. The van der Waals surface area contributed by atoms with Crippen molar-refractivity contribution in [3.8, 4) is 5.75 Å². The highest BCUT2D eigenvalue weighted by Crippen LogP contribution is 2.33. The fraction of sp³-hybridized carbons (Fsp3) is 0.571. The maximum Gasteiger partial charge on any atom is 0.254 e. The van der Waals surface area contributed by atoms with Crippen molar-refractivity contribution in [3.63, 3.8) is 0 Å². The molecular weight excluding hydrogens is 391 g/mol. The van der Waals surface area contributed by atoms with Gasteiger partial charge in [-0.15, -0.1) is 0 Å². The summed E-state index contributed by atoms with van der Waals surface area (Å²) in [5, 5.41) is 3.09. The van der Waals surface area contributed by atoms with E-state index in [1.807, 2.05) is 24.3 Å². The van der Waals surface area contributed by atoms with Gasteiger partial charge in [0.25, 0.3) is 5.91 Å². The van der Waals surface area contributed by atoms with Gasteiger partial charge in [0.05, 0.1) is 12.6 Å². The van der Waals surface area contributed by atoms with E-state index in [9.17, 15) is 18.8 Å². The molecule has 9 heteroatoms. The number of fused-ring (bicyclic) bond motifs is 2. The average Bonchev–Trinajstić information content (AvgIpc) is 3.18. The third-order valence-corrected chi connectivity index (χ3v) is 6.27. The molecule has 3 heterocycles. The first kappa shape index (κ1) is 20.6. The number of rotatable bonds is 3. The Morgan fingerprint density at radius 3 is 2.80 bits per heavy atom. The van der Waals surface area contributed by atoms with Crippen LogP contribution in [-0.4, -0.2) is 72.0 Å². The molecule has 8 nitrogen and oxygen atoms in total. The first-order valence-corrected chi connectivity index (χ1v) is 10.4. The first-order chi connectivity index (χ1) is 14.5. The maximum absolute atomic E-state index is 13.1. The van der Waals surface area contributed by atoms with E-state index in [0.717, 1.165) is 11.3 Å². The van der Waals surface area contributed by atoms with Crippen LogP contribution in [0.3, 0.4) is 0 Å². The topological polar surface area (TPSA) is 105 Å². The van der Waals surface area contributed by atoms with Gasteiger partial charge in [-0.2, -0.15) is 0 Å². The molecule has 30 heavy (non-hydrogen) atoms. The minimum absolute atomic E-state index is 0.0352. The Balaban J connectivity index is 1.48. The smallest absolute Gasteiger partial charge is 0.254 e. The number of nitrogens with one attached hydrogen (secondary N) is 1. The van der Waals surface area contributed by atoms with Crippen molar-refractivity contribution in [1.29, 1.82) is 0 Å². The molecule has 1 aromatic rings. The SMILES string of the molecule is N[C@H]1CN(C(=O)CF)CC[C@H]2CC[C@@H](C(=O)N[C@@H]3CCOc4ccccc43)N2C1=O. The van der Waals surface area contributed by atoms with E-state index < -0.39 is 24.7 Å². The summed E-state index contributed by atoms with van der Waals surface area (Å²) in [5.41, 5.74) is 6.97. The zero-order chi connectivity index (χ0) is 21.3. The highest BCUT2D eigenvalue weighted by atomic mass is 19.1. The Morgan fingerprint density at radius 1 is 1.20 bits per heavy atom. The lowest BCUT2D eigenvalue weighted by Gasteiger charge is -2.37. The van der Waals surface area contributed by atoms with Crippen LogP contribution in [0.4, 0.5) is 4.39 Å². The summed E-state index contributed by atoms with van der Waals surface area (Å²) in [4.78, 5) is 40.8. The average molecular weight is 418 g/mol. The zero-order valence-electron chi connectivity index (χ0n) is 16.8. The van der Waals surface area contributed by atoms with Gasteiger partial charge in [-0.25, -0.2) is 4.39 Å². The normalized spacial score (nSPS) is 28.7. The Bertz CT molecular complexity index is 835. The monoisotopic (exact) mass is 418 g/mol. The second-order valence-corrected chi connectivity index (χ2v) is 8.10. The summed E-state index contributed by atoms with van der Waals surface area (Å²) in [6, 6.07) is 5.70. The molecule has 3 aliphatic heterocycles. The highest BCUT2D eigenvalue weighted by molar-refractivity contribution is 5.91. The van der Waals surface area contributed by atoms with Crippen LogP contribution in [0.25, 0.3) is 0 Å². The van der Waals surface area contributed by atoms with Crippen molar-refractivity contribution in [2.24, 2.45) is 5.73 Å². The number of benzene rings is 1. The van der Waals surface area contributed by atoms with Crippen LogP contribution in [0.1, 0.15) is 37.3 Å². The van der Waals surface area contributed by atoms with Crippen molar-refractivity contribution in [2.45, 2.75) is 49.9 Å². The van der Waals surface area contributed by atoms with Gasteiger partial charge >= 0.3 is 0 Å². The summed E-state index contributed by atoms with van der Waals surface area (Å²) in [6.07, 6.45) is 2.36. The van der Waals surface area contributed by atoms with Gasteiger partial charge in [0, 0.05) is 31.1 Å². The molecule has 0 saturated carbocycles. The Kier molecular flexibility index (Phi) is 5.90. The summed E-state index contributed by atoms with van der Waals surface area (Å²) in [5.74, 6) is -0.448. The van der Waals surface area contributed by atoms with E-state index in [4.69, 9.17) is 10.5 Å². The lowest BCUT2D eigenvalue weighted by atomic mass is 10.00. The lowest BCUT2D eigenvalue weighted by molar-refractivity contribution is -0.145. The first-order valence-electron chi connectivity index (χ1n) is 10.4. The van der Waals surface area contributed by atoms with Gasteiger partial charge in [-0.05, 0) is 25.3 Å². The fourth-order valence-electron chi connectivity index (χ4n) is 4.73. The fourth-order valence-corrected chi connectivity index (χ4v) is 4.73. The van der Waals surface area contributed by atoms with Crippen LogP contribution in [0.15, 0.2) is 24.3 Å². The molecule has 0 bridgehead atoms. The second kappa shape index (κ2) is 8.59. The highest BCUT2D eigenvalue weighted by Gasteiger charge is 2.44. The molecule has 3 amide bonds. The lowest BCUT2D eigenvalue weighted by Crippen LogP contribution is -2.59. The standard InChI is InChI=1S/C21H27FN4O4/c22-11-19(27)25-9-7-13-5-6-17(26(13)21(29)15(23)12-25)20(28)24-16-8-10-30-18-4-2-1-3-14(16)18/h1-4,13,15-17H,5-12,23H2,(H,24,28)/t13-,15+,16-,17+/m1/s1. The molecule has 0 aliphatic carbocycles. The van der Waals surface area contributed by atoms with Gasteiger partial charge in [0.1, 0.15) is 17.8 Å². The molecule has 4 rings (SSSR count). The number of alkyl halides is 1. The summed E-state index contributed by atoms with van der Waals surface area (Å²) in [7, 11) is 0. The van der Waals surface area contributed by atoms with E-state index in [1.54, 1.807) is 4.90 Å². The van der Waals surface area contributed by atoms with Gasteiger partial charge in [-0.1, -0.05) is 18.2 Å². The number of ether oxygens (including phenoxy) is 1. The third-order valence-electron chi connectivity index (χ3n) is 6.27. The minimum Gasteiger partial charge on any atom is -0.493 e. The number of para-hydroxylation sites is 1. The number of hydrogen-bond donors (Lipinski definition) is 2. The molecule has 0 unspecified atom stereocenters. The van der Waals surface area contributed by atoms with E-state index in [0.29, 0.717) is 38.8 Å². The largest absolute Gasteiger partial charge is 0.493 e. The molecule has 3 N–H and O–H groups in total. The van der Waals surface area contributed by atoms with Crippen LogP contribution >= 0.6 is 0 Å². The molecule has 0 aromatic heterocycles. The predicted molar refractivity (Wildman–Crippen MR) is 106 cm³/mol. The van der Waals surface area contributed by atoms with Crippen LogP contribution in [0.5, 0.6) is 5.75 Å².